The van der Waals surface area contributed by atoms with Gasteiger partial charge in [-0.25, -0.2) is 4.68 Å². The smallest absolute Gasteiger partial charge is 0.169 e. The minimum Gasteiger partial charge on any atom is -0.381 e. The molecule has 0 atom stereocenters. The Balaban J connectivity index is 2.28. The van der Waals surface area contributed by atoms with Gasteiger partial charge in [0.2, 0.25) is 0 Å². The van der Waals surface area contributed by atoms with E-state index >= 15 is 0 Å². The lowest BCUT2D eigenvalue weighted by Gasteiger charge is -2.08. The maximum Gasteiger partial charge on any atom is 0.169 e. The Kier molecular flexibility index (Phi) is 3.87. The fraction of sp³-hybridized carbons (Fsp3) is 0.385. The van der Waals surface area contributed by atoms with Crippen molar-refractivity contribution in [2.75, 3.05) is 5.73 Å². The van der Waals surface area contributed by atoms with Crippen molar-refractivity contribution >= 4 is 17.4 Å². The molecule has 1 aromatic heterocycles. The topological polar surface area (TPSA) is 56.7 Å². The number of rotatable bonds is 4. The molecule has 0 aliphatic rings. The first kappa shape index (κ1) is 12.9. The van der Waals surface area contributed by atoms with E-state index in [9.17, 15) is 0 Å². The predicted molar refractivity (Wildman–Crippen MR) is 73.7 cm³/mol. The summed E-state index contributed by atoms with van der Waals surface area (Å²) in [5, 5.41) is 8.76. The molecule has 1 heterocycles. The summed E-state index contributed by atoms with van der Waals surface area (Å²) in [6.07, 6.45) is 1.89. The Morgan fingerprint density at radius 2 is 2.17 bits per heavy atom. The molecule has 0 unspecified atom stereocenters. The summed E-state index contributed by atoms with van der Waals surface area (Å²) in [7, 11) is 0. The highest BCUT2D eigenvalue weighted by Crippen LogP contribution is 2.20. The first-order valence-corrected chi connectivity index (χ1v) is 6.42. The van der Waals surface area contributed by atoms with E-state index in [4.69, 9.17) is 17.3 Å². The van der Waals surface area contributed by atoms with Crippen molar-refractivity contribution in [2.45, 2.75) is 33.2 Å². The molecule has 0 radical (unpaired) electrons. The van der Waals surface area contributed by atoms with Crippen LogP contribution in [0.5, 0.6) is 0 Å². The zero-order valence-electron chi connectivity index (χ0n) is 10.7. The van der Waals surface area contributed by atoms with E-state index in [-0.39, 0.29) is 0 Å². The Morgan fingerprint density at radius 3 is 2.83 bits per heavy atom. The van der Waals surface area contributed by atoms with Crippen LogP contribution in [0.3, 0.4) is 0 Å². The van der Waals surface area contributed by atoms with Crippen molar-refractivity contribution < 1.29 is 0 Å². The van der Waals surface area contributed by atoms with Gasteiger partial charge in [-0.2, -0.15) is 0 Å². The van der Waals surface area contributed by atoms with Gasteiger partial charge in [0, 0.05) is 5.02 Å². The summed E-state index contributed by atoms with van der Waals surface area (Å²) < 4.78 is 1.83. The normalized spacial score (nSPS) is 10.8. The maximum absolute atomic E-state index is 6.22. The molecule has 0 fully saturated rings. The van der Waals surface area contributed by atoms with Crippen molar-refractivity contribution in [2.24, 2.45) is 0 Å². The number of aryl methyl sites for hydroxylation is 1. The largest absolute Gasteiger partial charge is 0.381 e. The van der Waals surface area contributed by atoms with Gasteiger partial charge in [-0.3, -0.25) is 0 Å². The van der Waals surface area contributed by atoms with Gasteiger partial charge in [0.05, 0.1) is 12.2 Å². The molecule has 2 N–H and O–H groups in total. The number of nitrogens with zero attached hydrogens (tertiary/aromatic N) is 3. The molecule has 0 saturated carbocycles. The molecule has 0 bridgehead atoms. The first-order chi connectivity index (χ1) is 8.61. The van der Waals surface area contributed by atoms with Gasteiger partial charge < -0.3 is 5.73 Å². The molecule has 2 aromatic rings. The monoisotopic (exact) mass is 264 g/mol. The molecule has 18 heavy (non-hydrogen) atoms. The van der Waals surface area contributed by atoms with E-state index in [2.05, 4.69) is 17.2 Å². The van der Waals surface area contributed by atoms with Gasteiger partial charge in [0.1, 0.15) is 0 Å². The summed E-state index contributed by atoms with van der Waals surface area (Å²) in [5.74, 6) is 0.514. The zero-order chi connectivity index (χ0) is 13.1. The lowest BCUT2D eigenvalue weighted by molar-refractivity contribution is 0.613. The summed E-state index contributed by atoms with van der Waals surface area (Å²) >= 11 is 6.22. The number of hydrogen-bond donors (Lipinski definition) is 1. The second-order valence-electron chi connectivity index (χ2n) is 4.42. The maximum atomic E-state index is 6.22. The van der Waals surface area contributed by atoms with E-state index in [0.717, 1.165) is 34.7 Å². The molecule has 5 heteroatoms. The third-order valence-electron chi connectivity index (χ3n) is 2.88. The lowest BCUT2D eigenvalue weighted by Crippen LogP contribution is -2.08. The SMILES string of the molecule is CCCc1c(N)nnn1Cc1ccc(C)cc1Cl. The molecular weight excluding hydrogens is 248 g/mol. The third kappa shape index (κ3) is 2.64. The summed E-state index contributed by atoms with van der Waals surface area (Å²) in [6.45, 7) is 4.74. The van der Waals surface area contributed by atoms with Crippen molar-refractivity contribution in [3.8, 4) is 0 Å². The molecule has 1 aromatic carbocycles. The molecule has 2 rings (SSSR count). The van der Waals surface area contributed by atoms with Crippen LogP contribution >= 0.6 is 11.6 Å². The van der Waals surface area contributed by atoms with Crippen molar-refractivity contribution in [1.82, 2.24) is 15.0 Å². The van der Waals surface area contributed by atoms with Crippen molar-refractivity contribution in [3.05, 3.63) is 40.0 Å². The van der Waals surface area contributed by atoms with Crippen LogP contribution in [0.25, 0.3) is 0 Å². The standard InChI is InChI=1S/C13H17ClN4/c1-3-4-12-13(15)16-17-18(12)8-10-6-5-9(2)7-11(10)14/h5-7H,3-4,8,15H2,1-2H3. The van der Waals surface area contributed by atoms with Crippen LogP contribution < -0.4 is 5.73 Å². The Bertz CT molecular complexity index is 548. The van der Waals surface area contributed by atoms with Crippen LogP contribution in [0.4, 0.5) is 5.82 Å². The zero-order valence-corrected chi connectivity index (χ0v) is 11.4. The first-order valence-electron chi connectivity index (χ1n) is 6.04. The van der Waals surface area contributed by atoms with Crippen LogP contribution in [0, 0.1) is 6.92 Å². The molecule has 0 saturated heterocycles. The molecule has 0 aliphatic heterocycles. The van der Waals surface area contributed by atoms with Gasteiger partial charge >= 0.3 is 0 Å². The Morgan fingerprint density at radius 1 is 1.39 bits per heavy atom. The van der Waals surface area contributed by atoms with Crippen LogP contribution in [0.15, 0.2) is 18.2 Å². The number of nitrogen functional groups attached to an aromatic ring is 1. The Labute approximate surface area is 112 Å². The lowest BCUT2D eigenvalue weighted by atomic mass is 10.1. The second-order valence-corrected chi connectivity index (χ2v) is 4.83. The van der Waals surface area contributed by atoms with Crippen molar-refractivity contribution in [3.63, 3.8) is 0 Å². The number of aromatic nitrogens is 3. The predicted octanol–water partition coefficient (Wildman–Crippen LogP) is 2.82. The highest BCUT2D eigenvalue weighted by Gasteiger charge is 2.11. The summed E-state index contributed by atoms with van der Waals surface area (Å²) in [5.41, 5.74) is 8.98. The van der Waals surface area contributed by atoms with E-state index in [1.807, 2.05) is 29.8 Å². The van der Waals surface area contributed by atoms with Gasteiger partial charge in [-0.15, -0.1) is 5.10 Å². The number of halogens is 1. The number of anilines is 1. The van der Waals surface area contributed by atoms with Gasteiger partial charge in [-0.05, 0) is 30.5 Å². The van der Waals surface area contributed by atoms with Crippen molar-refractivity contribution in [1.29, 1.82) is 0 Å². The van der Waals surface area contributed by atoms with Crippen LogP contribution in [0.1, 0.15) is 30.2 Å². The molecule has 96 valence electrons. The highest BCUT2D eigenvalue weighted by molar-refractivity contribution is 6.31. The van der Waals surface area contributed by atoms with Crippen LogP contribution in [0.2, 0.25) is 5.02 Å². The Hall–Kier alpha value is -1.55. The van der Waals surface area contributed by atoms with E-state index in [1.54, 1.807) is 0 Å². The van der Waals surface area contributed by atoms with E-state index in [0.29, 0.717) is 12.4 Å². The average molecular weight is 265 g/mol. The number of hydrogen-bond acceptors (Lipinski definition) is 3. The fourth-order valence-electron chi connectivity index (χ4n) is 1.91. The minimum absolute atomic E-state index is 0.514. The van der Waals surface area contributed by atoms with E-state index in [1.165, 1.54) is 0 Å². The molecular formula is C13H17ClN4. The third-order valence-corrected chi connectivity index (χ3v) is 3.23. The van der Waals surface area contributed by atoms with Gasteiger partial charge in [-0.1, -0.05) is 42.3 Å². The number of benzene rings is 1. The van der Waals surface area contributed by atoms with Crippen LogP contribution in [-0.4, -0.2) is 15.0 Å². The molecule has 0 amide bonds. The van der Waals surface area contributed by atoms with Gasteiger partial charge in [0.25, 0.3) is 0 Å². The minimum atomic E-state index is 0.514. The molecule has 0 aliphatic carbocycles. The quantitative estimate of drug-likeness (QED) is 0.924. The van der Waals surface area contributed by atoms with Crippen LogP contribution in [-0.2, 0) is 13.0 Å². The highest BCUT2D eigenvalue weighted by atomic mass is 35.5. The van der Waals surface area contributed by atoms with Gasteiger partial charge in [0.15, 0.2) is 5.82 Å². The average Bonchev–Trinajstić information content (AvgIpc) is 2.66. The second kappa shape index (κ2) is 5.40. The molecule has 4 nitrogen and oxygen atoms in total. The fourth-order valence-corrected chi connectivity index (χ4v) is 2.20. The molecule has 0 spiro atoms. The summed E-state index contributed by atoms with van der Waals surface area (Å²) in [6, 6.07) is 6.02. The van der Waals surface area contributed by atoms with E-state index < -0.39 is 0 Å². The summed E-state index contributed by atoms with van der Waals surface area (Å²) in [4.78, 5) is 0. The number of nitrogens with two attached hydrogens (primary N) is 1.